The molecule has 1 saturated heterocycles. The number of halogens is 3. The van der Waals surface area contributed by atoms with Crippen LogP contribution in [0.3, 0.4) is 0 Å². The van der Waals surface area contributed by atoms with Gasteiger partial charge < -0.3 is 19.1 Å². The third-order valence-corrected chi connectivity index (χ3v) is 6.43. The molecule has 0 saturated carbocycles. The van der Waals surface area contributed by atoms with Gasteiger partial charge in [0.05, 0.1) is 47.8 Å². The molecule has 1 aliphatic rings. The molecule has 194 valence electrons. The Labute approximate surface area is 205 Å². The summed E-state index contributed by atoms with van der Waals surface area (Å²) in [5.74, 6) is 0.412. The second kappa shape index (κ2) is 9.92. The maximum absolute atomic E-state index is 12.8. The molecular weight excluding hydrogens is 477 g/mol. The van der Waals surface area contributed by atoms with E-state index in [9.17, 15) is 22.8 Å². The molecule has 0 aromatic carbocycles. The second-order valence-corrected chi connectivity index (χ2v) is 9.51. The van der Waals surface area contributed by atoms with Crippen molar-refractivity contribution < 1.29 is 22.7 Å². The van der Waals surface area contributed by atoms with Crippen molar-refractivity contribution >= 4 is 22.6 Å². The molecule has 0 radical (unpaired) electrons. The van der Waals surface area contributed by atoms with E-state index in [1.807, 2.05) is 36.4 Å². The first kappa shape index (κ1) is 25.7. The fourth-order valence-corrected chi connectivity index (χ4v) is 4.63. The second-order valence-electron chi connectivity index (χ2n) is 9.51. The summed E-state index contributed by atoms with van der Waals surface area (Å²) in [5.41, 5.74) is 0.0760. The quantitative estimate of drug-likeness (QED) is 0.495. The smallest absolute Gasteiger partial charge is 0.379 e. The molecule has 4 heterocycles. The van der Waals surface area contributed by atoms with Crippen LogP contribution in [0.2, 0.25) is 0 Å². The highest BCUT2D eigenvalue weighted by molar-refractivity contribution is 5.81. The predicted molar refractivity (Wildman–Crippen MR) is 128 cm³/mol. The zero-order valence-electron chi connectivity index (χ0n) is 20.4. The Balaban J connectivity index is 1.26. The van der Waals surface area contributed by atoms with Crippen molar-refractivity contribution in [3.05, 3.63) is 52.2 Å². The molecule has 0 spiro atoms. The molecular formula is C24H29F3N6O3. The van der Waals surface area contributed by atoms with E-state index in [1.54, 1.807) is 11.1 Å². The van der Waals surface area contributed by atoms with Crippen LogP contribution in [0.25, 0.3) is 10.9 Å². The van der Waals surface area contributed by atoms with Crippen molar-refractivity contribution in [1.82, 2.24) is 24.6 Å². The number of nitrogens with zero attached hydrogens (tertiary/aromatic N) is 5. The van der Waals surface area contributed by atoms with Gasteiger partial charge in [0.1, 0.15) is 5.82 Å². The van der Waals surface area contributed by atoms with E-state index in [2.05, 4.69) is 15.2 Å². The standard InChI is InChI=1S/C24H29F3N6O3/c1-16-14-31(18-13-29-30-22(35)21(16)18)9-11-36-10-6-20(34)32-7-8-33(23(2,3)15-32)19-5-4-17(12-28-19)24(25,26)27/h4-5,12-14H,6-11,15H2,1-3H3,(H,30,35). The average molecular weight is 507 g/mol. The number of pyridine rings is 1. The number of fused-ring (bicyclic) bond motifs is 1. The summed E-state index contributed by atoms with van der Waals surface area (Å²) >= 11 is 0. The molecule has 1 aliphatic heterocycles. The van der Waals surface area contributed by atoms with Crippen molar-refractivity contribution in [2.45, 2.75) is 45.5 Å². The number of nitrogens with one attached hydrogen (secondary N) is 1. The van der Waals surface area contributed by atoms with Gasteiger partial charge in [0.2, 0.25) is 5.91 Å². The predicted octanol–water partition coefficient (Wildman–Crippen LogP) is 2.98. The summed E-state index contributed by atoms with van der Waals surface area (Å²) in [6.45, 7) is 8.23. The van der Waals surface area contributed by atoms with Crippen LogP contribution in [0, 0.1) is 6.92 Å². The number of amides is 1. The Morgan fingerprint density at radius 3 is 2.64 bits per heavy atom. The number of piperazine rings is 1. The van der Waals surface area contributed by atoms with Crippen LogP contribution in [0.5, 0.6) is 0 Å². The van der Waals surface area contributed by atoms with Crippen molar-refractivity contribution in [1.29, 1.82) is 0 Å². The van der Waals surface area contributed by atoms with Crippen LogP contribution in [0.15, 0.2) is 35.5 Å². The Morgan fingerprint density at radius 2 is 1.97 bits per heavy atom. The number of carbonyl (C=O) groups is 1. The number of aromatic nitrogens is 4. The molecule has 0 aliphatic carbocycles. The Kier molecular flexibility index (Phi) is 7.07. The number of aromatic amines is 1. The highest BCUT2D eigenvalue weighted by atomic mass is 19.4. The number of H-pyrrole nitrogens is 1. The maximum Gasteiger partial charge on any atom is 0.417 e. The van der Waals surface area contributed by atoms with E-state index >= 15 is 0 Å². The van der Waals surface area contributed by atoms with Crippen molar-refractivity contribution in [2.24, 2.45) is 0 Å². The average Bonchev–Trinajstić information content (AvgIpc) is 3.14. The van der Waals surface area contributed by atoms with Crippen LogP contribution in [0.1, 0.15) is 31.4 Å². The molecule has 36 heavy (non-hydrogen) atoms. The summed E-state index contributed by atoms with van der Waals surface area (Å²) in [6.07, 6.45) is 0.116. The lowest BCUT2D eigenvalue weighted by molar-refractivity contribution is -0.138. The van der Waals surface area contributed by atoms with Crippen LogP contribution in [-0.2, 0) is 22.3 Å². The SMILES string of the molecule is Cc1cn(CCOCCC(=O)N2CCN(c3ccc(C(F)(F)F)cn3)C(C)(C)C2)c2cn[nH]c(=O)c12. The lowest BCUT2D eigenvalue weighted by Crippen LogP contribution is -2.61. The number of carbonyl (C=O) groups excluding carboxylic acids is 1. The van der Waals surface area contributed by atoms with Gasteiger partial charge in [-0.1, -0.05) is 0 Å². The van der Waals surface area contributed by atoms with Gasteiger partial charge in [-0.15, -0.1) is 0 Å². The summed E-state index contributed by atoms with van der Waals surface area (Å²) < 4.78 is 46.1. The third kappa shape index (κ3) is 5.38. The molecule has 0 atom stereocenters. The number of alkyl halides is 3. The van der Waals surface area contributed by atoms with Crippen LogP contribution in [-0.4, -0.2) is 68.9 Å². The molecule has 9 nitrogen and oxygen atoms in total. The summed E-state index contributed by atoms with van der Waals surface area (Å²) in [6, 6.07) is 2.40. The lowest BCUT2D eigenvalue weighted by atomic mass is 9.98. The molecule has 4 rings (SSSR count). The van der Waals surface area contributed by atoms with Crippen molar-refractivity contribution in [2.75, 3.05) is 37.7 Å². The first-order chi connectivity index (χ1) is 17.0. The van der Waals surface area contributed by atoms with E-state index in [0.29, 0.717) is 44.0 Å². The Hall–Kier alpha value is -3.41. The van der Waals surface area contributed by atoms with Gasteiger partial charge in [-0.25, -0.2) is 10.1 Å². The highest BCUT2D eigenvalue weighted by Crippen LogP contribution is 2.31. The van der Waals surface area contributed by atoms with Crippen molar-refractivity contribution in [3.8, 4) is 0 Å². The van der Waals surface area contributed by atoms with E-state index < -0.39 is 17.3 Å². The lowest BCUT2D eigenvalue weighted by Gasteiger charge is -2.47. The van der Waals surface area contributed by atoms with Crippen LogP contribution >= 0.6 is 0 Å². The number of anilines is 1. The minimum Gasteiger partial charge on any atom is -0.379 e. The van der Waals surface area contributed by atoms with Gasteiger partial charge in [0, 0.05) is 38.6 Å². The van der Waals surface area contributed by atoms with Gasteiger partial charge in [-0.05, 0) is 38.5 Å². The molecule has 1 N–H and O–H groups in total. The number of hydrogen-bond acceptors (Lipinski definition) is 6. The minimum atomic E-state index is -4.43. The van der Waals surface area contributed by atoms with E-state index in [0.717, 1.165) is 23.3 Å². The number of ether oxygens (including phenoxy) is 1. The molecule has 12 heteroatoms. The Bertz CT molecular complexity index is 1280. The normalized spacial score (nSPS) is 16.1. The van der Waals surface area contributed by atoms with Crippen molar-refractivity contribution in [3.63, 3.8) is 0 Å². The third-order valence-electron chi connectivity index (χ3n) is 6.43. The number of rotatable bonds is 7. The topological polar surface area (TPSA) is 96.3 Å². The highest BCUT2D eigenvalue weighted by Gasteiger charge is 2.37. The van der Waals surface area contributed by atoms with E-state index in [1.165, 1.54) is 6.07 Å². The summed E-state index contributed by atoms with van der Waals surface area (Å²) in [7, 11) is 0. The molecule has 3 aromatic heterocycles. The molecule has 0 bridgehead atoms. The van der Waals surface area contributed by atoms with E-state index in [-0.39, 0.29) is 24.5 Å². The molecule has 1 fully saturated rings. The first-order valence-electron chi connectivity index (χ1n) is 11.7. The van der Waals surface area contributed by atoms with E-state index in [4.69, 9.17) is 4.74 Å². The van der Waals surface area contributed by atoms with Crippen LogP contribution in [0.4, 0.5) is 19.0 Å². The molecule has 0 unspecified atom stereocenters. The number of hydrogen-bond donors (Lipinski definition) is 1. The molecule has 1 amide bonds. The van der Waals surface area contributed by atoms with Crippen LogP contribution < -0.4 is 10.5 Å². The van der Waals surface area contributed by atoms with Gasteiger partial charge in [-0.2, -0.15) is 18.3 Å². The fourth-order valence-electron chi connectivity index (χ4n) is 4.63. The van der Waals surface area contributed by atoms with Gasteiger partial charge in [0.25, 0.3) is 5.56 Å². The van der Waals surface area contributed by atoms with Gasteiger partial charge in [-0.3, -0.25) is 9.59 Å². The Morgan fingerprint density at radius 1 is 1.19 bits per heavy atom. The zero-order valence-corrected chi connectivity index (χ0v) is 20.4. The fraction of sp³-hybridized carbons (Fsp3) is 0.500. The zero-order chi connectivity index (χ0) is 26.1. The number of aryl methyl sites for hydroxylation is 1. The largest absolute Gasteiger partial charge is 0.417 e. The summed E-state index contributed by atoms with van der Waals surface area (Å²) in [4.78, 5) is 32.4. The first-order valence-corrected chi connectivity index (χ1v) is 11.7. The van der Waals surface area contributed by atoms with Gasteiger partial charge >= 0.3 is 6.18 Å². The minimum absolute atomic E-state index is 0.0407. The van der Waals surface area contributed by atoms with Gasteiger partial charge in [0.15, 0.2) is 0 Å². The summed E-state index contributed by atoms with van der Waals surface area (Å²) in [5, 5.41) is 6.89. The monoisotopic (exact) mass is 506 g/mol. The molecule has 3 aromatic rings. The maximum atomic E-state index is 12.8.